The standard InChI is InChI=1S/C19H30N4OS/c1-24-14-16-6-2-3-7-17(16)22-18(20)21-15-19(8-4-5-9-19)23-10-12-25-13-11-23/h2-3,6-7H,4-5,8-15H2,1H3,(H3,20,21,22). The Morgan fingerprint density at radius 1 is 1.28 bits per heavy atom. The SMILES string of the molecule is COCc1ccccc1NC(N)=NCC1(N2CCSCC2)CCCC1. The smallest absolute Gasteiger partial charge is 0.193 e. The molecule has 0 amide bonds. The third-order valence-electron chi connectivity index (χ3n) is 5.34. The van der Waals surface area contributed by atoms with E-state index in [1.165, 1.54) is 50.3 Å². The van der Waals surface area contributed by atoms with Crippen LogP contribution in [0.1, 0.15) is 31.2 Å². The molecule has 0 bridgehead atoms. The number of aliphatic imine (C=N–C) groups is 1. The molecule has 3 N–H and O–H groups in total. The summed E-state index contributed by atoms with van der Waals surface area (Å²) in [4.78, 5) is 7.42. The second kappa shape index (κ2) is 8.92. The lowest BCUT2D eigenvalue weighted by Crippen LogP contribution is -2.52. The van der Waals surface area contributed by atoms with Gasteiger partial charge in [-0.25, -0.2) is 0 Å². The van der Waals surface area contributed by atoms with E-state index in [9.17, 15) is 0 Å². The Labute approximate surface area is 155 Å². The zero-order valence-corrected chi connectivity index (χ0v) is 16.0. The number of benzene rings is 1. The zero-order chi connectivity index (χ0) is 17.5. The van der Waals surface area contributed by atoms with Gasteiger partial charge in [0.05, 0.1) is 13.2 Å². The maximum atomic E-state index is 6.21. The first kappa shape index (κ1) is 18.5. The van der Waals surface area contributed by atoms with E-state index in [-0.39, 0.29) is 5.54 Å². The van der Waals surface area contributed by atoms with Crippen LogP contribution >= 0.6 is 11.8 Å². The molecule has 1 saturated heterocycles. The summed E-state index contributed by atoms with van der Waals surface area (Å²) in [7, 11) is 1.70. The molecule has 1 aromatic carbocycles. The number of guanidine groups is 1. The Morgan fingerprint density at radius 2 is 2.00 bits per heavy atom. The Kier molecular flexibility index (Phi) is 6.62. The van der Waals surface area contributed by atoms with Crippen molar-refractivity contribution >= 4 is 23.4 Å². The highest BCUT2D eigenvalue weighted by Crippen LogP contribution is 2.37. The third-order valence-corrected chi connectivity index (χ3v) is 6.28. The fourth-order valence-corrected chi connectivity index (χ4v) is 4.88. The second-order valence-corrected chi connectivity index (χ2v) is 8.17. The molecule has 1 aliphatic heterocycles. The summed E-state index contributed by atoms with van der Waals surface area (Å²) in [5.41, 5.74) is 8.50. The molecule has 3 rings (SSSR count). The highest BCUT2D eigenvalue weighted by molar-refractivity contribution is 7.99. The first-order valence-corrected chi connectivity index (χ1v) is 10.4. The summed E-state index contributed by atoms with van der Waals surface area (Å²) in [5, 5.41) is 3.26. The monoisotopic (exact) mass is 362 g/mol. The van der Waals surface area contributed by atoms with Crippen LogP contribution in [0.5, 0.6) is 0 Å². The molecule has 1 saturated carbocycles. The van der Waals surface area contributed by atoms with Crippen LogP contribution in [0.2, 0.25) is 0 Å². The fourth-order valence-electron chi connectivity index (χ4n) is 3.98. The largest absolute Gasteiger partial charge is 0.380 e. The van der Waals surface area contributed by atoms with Gasteiger partial charge in [0, 0.05) is 48.5 Å². The summed E-state index contributed by atoms with van der Waals surface area (Å²) in [5.74, 6) is 2.98. The molecule has 0 radical (unpaired) electrons. The molecule has 0 spiro atoms. The molecule has 2 fully saturated rings. The van der Waals surface area contributed by atoms with Crippen LogP contribution in [0.4, 0.5) is 5.69 Å². The van der Waals surface area contributed by atoms with Crippen LogP contribution in [-0.2, 0) is 11.3 Å². The minimum atomic E-state index is 0.222. The first-order chi connectivity index (χ1) is 12.2. The Bertz CT molecular complexity index is 581. The minimum absolute atomic E-state index is 0.222. The molecular formula is C19H30N4OS. The van der Waals surface area contributed by atoms with Crippen LogP contribution in [0.15, 0.2) is 29.3 Å². The van der Waals surface area contributed by atoms with Crippen molar-refractivity contribution in [3.63, 3.8) is 0 Å². The van der Waals surface area contributed by atoms with Crippen LogP contribution in [0.25, 0.3) is 0 Å². The van der Waals surface area contributed by atoms with E-state index in [0.717, 1.165) is 17.8 Å². The second-order valence-electron chi connectivity index (χ2n) is 6.95. The molecule has 6 heteroatoms. The van der Waals surface area contributed by atoms with Gasteiger partial charge in [-0.15, -0.1) is 0 Å². The molecule has 0 unspecified atom stereocenters. The third kappa shape index (κ3) is 4.68. The van der Waals surface area contributed by atoms with Gasteiger partial charge in [0.25, 0.3) is 0 Å². The topological polar surface area (TPSA) is 62.9 Å². The summed E-state index contributed by atoms with van der Waals surface area (Å²) in [6.07, 6.45) is 5.11. The molecule has 1 heterocycles. The number of ether oxygens (including phenoxy) is 1. The zero-order valence-electron chi connectivity index (χ0n) is 15.2. The van der Waals surface area contributed by atoms with Gasteiger partial charge >= 0.3 is 0 Å². The van der Waals surface area contributed by atoms with E-state index >= 15 is 0 Å². The van der Waals surface area contributed by atoms with Crippen LogP contribution in [0, 0.1) is 0 Å². The maximum absolute atomic E-state index is 6.21. The molecule has 1 aromatic rings. The lowest BCUT2D eigenvalue weighted by molar-refractivity contribution is 0.112. The van der Waals surface area contributed by atoms with E-state index in [1.54, 1.807) is 7.11 Å². The van der Waals surface area contributed by atoms with Gasteiger partial charge in [0.1, 0.15) is 0 Å². The number of anilines is 1. The summed E-state index contributed by atoms with van der Waals surface area (Å²) >= 11 is 2.06. The molecule has 0 atom stereocenters. The van der Waals surface area contributed by atoms with Crippen molar-refractivity contribution in [2.45, 2.75) is 37.8 Å². The number of hydrogen-bond acceptors (Lipinski definition) is 4. The van der Waals surface area contributed by atoms with Crippen molar-refractivity contribution in [3.05, 3.63) is 29.8 Å². The number of rotatable bonds is 6. The van der Waals surface area contributed by atoms with E-state index in [4.69, 9.17) is 15.5 Å². The lowest BCUT2D eigenvalue weighted by atomic mass is 9.95. The normalized spacial score (nSPS) is 21.4. The number of nitrogens with one attached hydrogen (secondary N) is 1. The number of hydrogen-bond donors (Lipinski definition) is 2. The van der Waals surface area contributed by atoms with Crippen molar-refractivity contribution < 1.29 is 4.74 Å². The average molecular weight is 363 g/mol. The fraction of sp³-hybridized carbons (Fsp3) is 0.632. The van der Waals surface area contributed by atoms with Crippen molar-refractivity contribution in [2.24, 2.45) is 10.7 Å². The summed E-state index contributed by atoms with van der Waals surface area (Å²) in [6, 6.07) is 8.07. The van der Waals surface area contributed by atoms with E-state index < -0.39 is 0 Å². The summed E-state index contributed by atoms with van der Waals surface area (Å²) < 4.78 is 5.26. The number of nitrogens with zero attached hydrogens (tertiary/aromatic N) is 2. The lowest BCUT2D eigenvalue weighted by Gasteiger charge is -2.42. The minimum Gasteiger partial charge on any atom is -0.380 e. The number of thioether (sulfide) groups is 1. The first-order valence-electron chi connectivity index (χ1n) is 9.20. The van der Waals surface area contributed by atoms with Gasteiger partial charge in [-0.05, 0) is 18.9 Å². The van der Waals surface area contributed by atoms with Gasteiger partial charge in [0.15, 0.2) is 5.96 Å². The van der Waals surface area contributed by atoms with E-state index in [0.29, 0.717) is 12.6 Å². The predicted molar refractivity (Wildman–Crippen MR) is 107 cm³/mol. The predicted octanol–water partition coefficient (Wildman–Crippen LogP) is 2.92. The van der Waals surface area contributed by atoms with Crippen LogP contribution in [0.3, 0.4) is 0 Å². The van der Waals surface area contributed by atoms with Crippen LogP contribution in [-0.4, -0.2) is 54.6 Å². The van der Waals surface area contributed by atoms with Crippen molar-refractivity contribution in [1.82, 2.24) is 4.90 Å². The highest BCUT2D eigenvalue weighted by Gasteiger charge is 2.39. The van der Waals surface area contributed by atoms with Crippen LogP contribution < -0.4 is 11.1 Å². The van der Waals surface area contributed by atoms with Gasteiger partial charge < -0.3 is 15.8 Å². The van der Waals surface area contributed by atoms with Crippen molar-refractivity contribution in [2.75, 3.05) is 43.6 Å². The Balaban J connectivity index is 1.67. The van der Waals surface area contributed by atoms with E-state index in [1.807, 2.05) is 24.3 Å². The molecule has 138 valence electrons. The molecule has 0 aromatic heterocycles. The Hall–Kier alpha value is -1.24. The number of para-hydroxylation sites is 1. The molecular weight excluding hydrogens is 332 g/mol. The molecule has 25 heavy (non-hydrogen) atoms. The van der Waals surface area contributed by atoms with Crippen molar-refractivity contribution in [3.8, 4) is 0 Å². The molecule has 2 aliphatic rings. The maximum Gasteiger partial charge on any atom is 0.193 e. The van der Waals surface area contributed by atoms with Gasteiger partial charge in [-0.3, -0.25) is 9.89 Å². The van der Waals surface area contributed by atoms with Crippen molar-refractivity contribution in [1.29, 1.82) is 0 Å². The van der Waals surface area contributed by atoms with Gasteiger partial charge in [-0.2, -0.15) is 11.8 Å². The number of methoxy groups -OCH3 is 1. The van der Waals surface area contributed by atoms with Gasteiger partial charge in [-0.1, -0.05) is 31.0 Å². The molecule has 5 nitrogen and oxygen atoms in total. The Morgan fingerprint density at radius 3 is 2.72 bits per heavy atom. The van der Waals surface area contributed by atoms with E-state index in [2.05, 4.69) is 22.0 Å². The quantitative estimate of drug-likeness (QED) is 0.602. The average Bonchev–Trinajstić information content (AvgIpc) is 3.13. The van der Waals surface area contributed by atoms with Gasteiger partial charge in [0.2, 0.25) is 0 Å². The number of nitrogens with two attached hydrogens (primary N) is 1. The summed E-state index contributed by atoms with van der Waals surface area (Å²) in [6.45, 7) is 3.73. The molecule has 1 aliphatic carbocycles. The highest BCUT2D eigenvalue weighted by atomic mass is 32.2.